The van der Waals surface area contributed by atoms with Crippen LogP contribution in [0.1, 0.15) is 32.3 Å². The van der Waals surface area contributed by atoms with E-state index in [1.165, 1.54) is 0 Å². The Morgan fingerprint density at radius 2 is 1.84 bits per heavy atom. The van der Waals surface area contributed by atoms with Crippen molar-refractivity contribution < 1.29 is 9.90 Å². The summed E-state index contributed by atoms with van der Waals surface area (Å²) < 4.78 is 0. The number of anilines is 1. The smallest absolute Gasteiger partial charge is 0.241 e. The molecule has 6 nitrogen and oxygen atoms in total. The minimum Gasteiger partial charge on any atom is -0.391 e. The van der Waals surface area contributed by atoms with E-state index in [4.69, 9.17) is 0 Å². The van der Waals surface area contributed by atoms with Crippen molar-refractivity contribution in [1.82, 2.24) is 14.9 Å². The molecule has 134 valence electrons. The zero-order valence-corrected chi connectivity index (χ0v) is 14.9. The van der Waals surface area contributed by atoms with Crippen molar-refractivity contribution in [1.29, 1.82) is 0 Å². The normalized spacial score (nSPS) is 10.5. The molecule has 0 aliphatic carbocycles. The molecule has 0 saturated heterocycles. The van der Waals surface area contributed by atoms with Gasteiger partial charge in [-0.15, -0.1) is 0 Å². The molecule has 1 heterocycles. The van der Waals surface area contributed by atoms with Gasteiger partial charge in [0.05, 0.1) is 13.2 Å². The van der Waals surface area contributed by atoms with Crippen LogP contribution in [0.2, 0.25) is 0 Å². The first-order valence-corrected chi connectivity index (χ1v) is 8.73. The minimum atomic E-state index is -0.181. The van der Waals surface area contributed by atoms with Crippen molar-refractivity contribution in [2.75, 3.05) is 25.0 Å². The third kappa shape index (κ3) is 5.26. The molecule has 0 bridgehead atoms. The molecule has 0 radical (unpaired) electrons. The highest BCUT2D eigenvalue weighted by molar-refractivity contribution is 5.80. The Kier molecular flexibility index (Phi) is 7.35. The van der Waals surface area contributed by atoms with Gasteiger partial charge in [-0.25, -0.2) is 9.97 Å². The first-order valence-electron chi connectivity index (χ1n) is 8.73. The number of hydrogen-bond donors (Lipinski definition) is 2. The van der Waals surface area contributed by atoms with Crippen LogP contribution < -0.4 is 5.32 Å². The fourth-order valence-corrected chi connectivity index (χ4v) is 2.57. The Hall–Kier alpha value is -2.47. The largest absolute Gasteiger partial charge is 0.391 e. The number of benzene rings is 1. The molecule has 1 aromatic carbocycles. The average Bonchev–Trinajstić information content (AvgIpc) is 2.66. The molecule has 2 N–H and O–H groups in total. The maximum atomic E-state index is 12.4. The van der Waals surface area contributed by atoms with Crippen LogP contribution in [-0.4, -0.2) is 45.5 Å². The summed E-state index contributed by atoms with van der Waals surface area (Å²) in [4.78, 5) is 23.0. The number of rotatable bonds is 9. The summed E-state index contributed by atoms with van der Waals surface area (Å²) in [5.74, 6) is 1.09. The molecular formula is C19H26N4O2. The molecular weight excluding hydrogens is 316 g/mol. The van der Waals surface area contributed by atoms with E-state index in [1.54, 1.807) is 6.20 Å². The summed E-state index contributed by atoms with van der Waals surface area (Å²) >= 11 is 0. The fraction of sp³-hybridized carbons (Fsp3) is 0.421. The molecule has 0 aliphatic rings. The number of nitrogens with one attached hydrogen (secondary N) is 1. The minimum absolute atomic E-state index is 0.0347. The van der Waals surface area contributed by atoms with Crippen molar-refractivity contribution in [3.8, 4) is 11.4 Å². The molecule has 6 heteroatoms. The number of hydrogen-bond acceptors (Lipinski definition) is 5. The Morgan fingerprint density at radius 1 is 1.16 bits per heavy atom. The SMILES string of the molecule is CCCN(CCC)C(=O)CNc1nc(-c2ccccc2)ncc1CO. The number of amides is 1. The van der Waals surface area contributed by atoms with Gasteiger partial charge in [-0.1, -0.05) is 44.2 Å². The molecule has 2 rings (SSSR count). The predicted octanol–water partition coefficient (Wildman–Crippen LogP) is 2.70. The second-order valence-corrected chi connectivity index (χ2v) is 5.83. The molecule has 0 atom stereocenters. The van der Waals surface area contributed by atoms with Crippen LogP contribution in [0, 0.1) is 0 Å². The second-order valence-electron chi connectivity index (χ2n) is 5.83. The topological polar surface area (TPSA) is 78.4 Å². The van der Waals surface area contributed by atoms with E-state index in [2.05, 4.69) is 29.1 Å². The zero-order chi connectivity index (χ0) is 18.1. The van der Waals surface area contributed by atoms with Crippen molar-refractivity contribution in [2.24, 2.45) is 0 Å². The standard InChI is InChI=1S/C19H26N4O2/c1-3-10-23(11-4-2)17(25)13-21-19-16(14-24)12-20-18(22-19)15-8-6-5-7-9-15/h5-9,12,24H,3-4,10-11,13-14H2,1-2H3,(H,20,21,22). The fourth-order valence-electron chi connectivity index (χ4n) is 2.57. The van der Waals surface area contributed by atoms with Crippen molar-refractivity contribution in [2.45, 2.75) is 33.3 Å². The maximum Gasteiger partial charge on any atom is 0.241 e. The highest BCUT2D eigenvalue weighted by atomic mass is 16.3. The van der Waals surface area contributed by atoms with Crippen LogP contribution in [-0.2, 0) is 11.4 Å². The van der Waals surface area contributed by atoms with E-state index in [-0.39, 0.29) is 19.1 Å². The van der Waals surface area contributed by atoms with Crippen LogP contribution in [0.5, 0.6) is 0 Å². The summed E-state index contributed by atoms with van der Waals surface area (Å²) in [7, 11) is 0. The average molecular weight is 342 g/mol. The zero-order valence-electron chi connectivity index (χ0n) is 14.9. The van der Waals surface area contributed by atoms with Crippen LogP contribution >= 0.6 is 0 Å². The third-order valence-electron chi connectivity index (χ3n) is 3.81. The van der Waals surface area contributed by atoms with Crippen LogP contribution in [0.3, 0.4) is 0 Å². The van der Waals surface area contributed by atoms with Crippen LogP contribution in [0.4, 0.5) is 5.82 Å². The lowest BCUT2D eigenvalue weighted by Crippen LogP contribution is -2.37. The highest BCUT2D eigenvalue weighted by Gasteiger charge is 2.14. The number of carbonyl (C=O) groups is 1. The van der Waals surface area contributed by atoms with Gasteiger partial charge in [0.15, 0.2) is 5.82 Å². The summed E-state index contributed by atoms with van der Waals surface area (Å²) in [5, 5.41) is 12.6. The lowest BCUT2D eigenvalue weighted by atomic mass is 10.2. The first-order chi connectivity index (χ1) is 12.2. The van der Waals surface area contributed by atoms with Gasteiger partial charge in [0.1, 0.15) is 5.82 Å². The van der Waals surface area contributed by atoms with E-state index in [0.29, 0.717) is 17.2 Å². The molecule has 1 amide bonds. The molecule has 0 spiro atoms. The van der Waals surface area contributed by atoms with Crippen LogP contribution in [0.25, 0.3) is 11.4 Å². The van der Waals surface area contributed by atoms with E-state index < -0.39 is 0 Å². The Balaban J connectivity index is 2.13. The van der Waals surface area contributed by atoms with Gasteiger partial charge < -0.3 is 15.3 Å². The monoisotopic (exact) mass is 342 g/mol. The quantitative estimate of drug-likeness (QED) is 0.732. The maximum absolute atomic E-state index is 12.4. The van der Waals surface area contributed by atoms with Crippen molar-refractivity contribution in [3.63, 3.8) is 0 Å². The Labute approximate surface area is 148 Å². The van der Waals surface area contributed by atoms with Gasteiger partial charge in [0, 0.05) is 30.4 Å². The third-order valence-corrected chi connectivity index (χ3v) is 3.81. The molecule has 2 aromatic rings. The Morgan fingerprint density at radius 3 is 2.44 bits per heavy atom. The van der Waals surface area contributed by atoms with Gasteiger partial charge >= 0.3 is 0 Å². The Bertz CT molecular complexity index is 670. The molecule has 0 unspecified atom stereocenters. The van der Waals surface area contributed by atoms with Gasteiger partial charge in [-0.3, -0.25) is 4.79 Å². The summed E-state index contributed by atoms with van der Waals surface area (Å²) in [6, 6.07) is 9.62. The van der Waals surface area contributed by atoms with Crippen molar-refractivity contribution >= 4 is 11.7 Å². The highest BCUT2D eigenvalue weighted by Crippen LogP contribution is 2.19. The van der Waals surface area contributed by atoms with E-state index >= 15 is 0 Å². The van der Waals surface area contributed by atoms with E-state index in [9.17, 15) is 9.90 Å². The molecule has 0 saturated carbocycles. The second kappa shape index (κ2) is 9.74. The lowest BCUT2D eigenvalue weighted by Gasteiger charge is -2.22. The van der Waals surface area contributed by atoms with Gasteiger partial charge in [-0.05, 0) is 12.8 Å². The molecule has 0 fully saturated rings. The van der Waals surface area contributed by atoms with E-state index in [1.807, 2.05) is 35.2 Å². The van der Waals surface area contributed by atoms with Gasteiger partial charge in [0.25, 0.3) is 0 Å². The lowest BCUT2D eigenvalue weighted by molar-refractivity contribution is -0.129. The number of carbonyl (C=O) groups excluding carboxylic acids is 1. The molecule has 1 aromatic heterocycles. The van der Waals surface area contributed by atoms with Gasteiger partial charge in [-0.2, -0.15) is 0 Å². The number of aliphatic hydroxyl groups is 1. The molecule has 25 heavy (non-hydrogen) atoms. The van der Waals surface area contributed by atoms with Gasteiger partial charge in [0.2, 0.25) is 5.91 Å². The molecule has 0 aliphatic heterocycles. The summed E-state index contributed by atoms with van der Waals surface area (Å²) in [5.41, 5.74) is 1.46. The van der Waals surface area contributed by atoms with Crippen molar-refractivity contribution in [3.05, 3.63) is 42.1 Å². The first kappa shape index (κ1) is 18.9. The van der Waals surface area contributed by atoms with Crippen LogP contribution in [0.15, 0.2) is 36.5 Å². The number of aromatic nitrogens is 2. The van der Waals surface area contributed by atoms with E-state index in [0.717, 1.165) is 31.5 Å². The number of nitrogens with zero attached hydrogens (tertiary/aromatic N) is 3. The number of aliphatic hydroxyl groups excluding tert-OH is 1. The summed E-state index contributed by atoms with van der Waals surface area (Å²) in [6.07, 6.45) is 3.45. The summed E-state index contributed by atoms with van der Waals surface area (Å²) in [6.45, 7) is 5.59. The predicted molar refractivity (Wildman–Crippen MR) is 99.0 cm³/mol.